The Hall–Kier alpha value is -0.900. The quantitative estimate of drug-likeness (QED) is 0.863. The van der Waals surface area contributed by atoms with Crippen LogP contribution in [0.1, 0.15) is 17.0 Å². The molecule has 19 heavy (non-hydrogen) atoms. The SMILES string of the molecule is OCC(Cc1ccc(Br)cc1Cl)c1ccccc1F. The largest absolute Gasteiger partial charge is 0.396 e. The zero-order valence-electron chi connectivity index (χ0n) is 10.1. The smallest absolute Gasteiger partial charge is 0.126 e. The highest BCUT2D eigenvalue weighted by atomic mass is 79.9. The van der Waals surface area contributed by atoms with Crippen LogP contribution in [0.5, 0.6) is 0 Å². The average Bonchev–Trinajstić information content (AvgIpc) is 2.39. The molecule has 4 heteroatoms. The minimum Gasteiger partial charge on any atom is -0.396 e. The Morgan fingerprint density at radius 3 is 2.58 bits per heavy atom. The summed E-state index contributed by atoms with van der Waals surface area (Å²) in [7, 11) is 0. The van der Waals surface area contributed by atoms with Gasteiger partial charge in [-0.1, -0.05) is 51.8 Å². The topological polar surface area (TPSA) is 20.2 Å². The lowest BCUT2D eigenvalue weighted by Crippen LogP contribution is -2.10. The minimum absolute atomic E-state index is 0.118. The second kappa shape index (κ2) is 6.51. The molecule has 0 bridgehead atoms. The van der Waals surface area contributed by atoms with Crippen molar-refractivity contribution in [2.45, 2.75) is 12.3 Å². The summed E-state index contributed by atoms with van der Waals surface area (Å²) in [5.41, 5.74) is 1.41. The number of hydrogen-bond acceptors (Lipinski definition) is 1. The van der Waals surface area contributed by atoms with E-state index in [0.717, 1.165) is 10.0 Å². The molecule has 2 aromatic carbocycles. The van der Waals surface area contributed by atoms with Crippen LogP contribution in [-0.4, -0.2) is 11.7 Å². The summed E-state index contributed by atoms with van der Waals surface area (Å²) in [6.07, 6.45) is 0.504. The van der Waals surface area contributed by atoms with Gasteiger partial charge in [0.05, 0.1) is 6.61 Å². The Kier molecular flexibility index (Phi) is 4.97. The van der Waals surface area contributed by atoms with E-state index in [2.05, 4.69) is 15.9 Å². The number of rotatable bonds is 4. The summed E-state index contributed by atoms with van der Waals surface area (Å²) in [5.74, 6) is -0.588. The van der Waals surface area contributed by atoms with E-state index in [1.54, 1.807) is 24.3 Å². The predicted octanol–water partition coefficient (Wildman–Crippen LogP) is 4.56. The lowest BCUT2D eigenvalue weighted by molar-refractivity contribution is 0.262. The molecule has 2 aromatic rings. The number of aliphatic hydroxyl groups is 1. The van der Waals surface area contributed by atoms with Crippen LogP contribution in [0.2, 0.25) is 5.02 Å². The van der Waals surface area contributed by atoms with Crippen molar-refractivity contribution < 1.29 is 9.50 Å². The maximum Gasteiger partial charge on any atom is 0.126 e. The highest BCUT2D eigenvalue weighted by molar-refractivity contribution is 9.10. The highest BCUT2D eigenvalue weighted by Crippen LogP contribution is 2.28. The van der Waals surface area contributed by atoms with Crippen molar-refractivity contribution in [1.82, 2.24) is 0 Å². The first-order valence-electron chi connectivity index (χ1n) is 5.91. The standard InChI is InChI=1S/C15H13BrClFO/c16-12-6-5-10(14(17)8-12)7-11(9-19)13-3-1-2-4-15(13)18/h1-6,8,11,19H,7,9H2. The van der Waals surface area contributed by atoms with Gasteiger partial charge in [-0.05, 0) is 35.7 Å². The molecule has 0 radical (unpaired) electrons. The zero-order chi connectivity index (χ0) is 13.8. The summed E-state index contributed by atoms with van der Waals surface area (Å²) >= 11 is 9.49. The predicted molar refractivity (Wildman–Crippen MR) is 79.1 cm³/mol. The van der Waals surface area contributed by atoms with Crippen LogP contribution in [0.3, 0.4) is 0 Å². The van der Waals surface area contributed by atoms with E-state index in [9.17, 15) is 9.50 Å². The van der Waals surface area contributed by atoms with Crippen molar-refractivity contribution in [2.75, 3.05) is 6.61 Å². The number of benzene rings is 2. The van der Waals surface area contributed by atoms with E-state index < -0.39 is 0 Å². The third-order valence-corrected chi connectivity index (χ3v) is 3.89. The molecular formula is C15H13BrClFO. The van der Waals surface area contributed by atoms with Gasteiger partial charge < -0.3 is 5.11 Å². The van der Waals surface area contributed by atoms with E-state index in [4.69, 9.17) is 11.6 Å². The first kappa shape index (κ1) is 14.5. The van der Waals surface area contributed by atoms with E-state index in [1.807, 2.05) is 12.1 Å². The molecule has 0 amide bonds. The van der Waals surface area contributed by atoms with Crippen molar-refractivity contribution in [3.63, 3.8) is 0 Å². The van der Waals surface area contributed by atoms with Gasteiger partial charge in [0, 0.05) is 15.4 Å². The number of hydrogen-bond donors (Lipinski definition) is 1. The van der Waals surface area contributed by atoms with Crippen molar-refractivity contribution >= 4 is 27.5 Å². The van der Waals surface area contributed by atoms with Crippen LogP contribution in [0, 0.1) is 5.82 Å². The number of halogens is 3. The zero-order valence-corrected chi connectivity index (χ0v) is 12.5. The van der Waals surface area contributed by atoms with E-state index in [1.165, 1.54) is 6.07 Å². The Labute approximate surface area is 125 Å². The Balaban J connectivity index is 2.27. The van der Waals surface area contributed by atoms with Crippen molar-refractivity contribution in [3.8, 4) is 0 Å². The molecule has 0 aromatic heterocycles. The van der Waals surface area contributed by atoms with Crippen LogP contribution >= 0.6 is 27.5 Å². The average molecular weight is 344 g/mol. The molecule has 0 saturated carbocycles. The second-order valence-corrected chi connectivity index (χ2v) is 5.66. The maximum atomic E-state index is 13.7. The van der Waals surface area contributed by atoms with Crippen LogP contribution in [-0.2, 0) is 6.42 Å². The molecule has 0 aliphatic rings. The first-order valence-corrected chi connectivity index (χ1v) is 7.08. The van der Waals surface area contributed by atoms with Crippen LogP contribution < -0.4 is 0 Å². The molecule has 0 aliphatic heterocycles. The Bertz CT molecular complexity index is 574. The van der Waals surface area contributed by atoms with Gasteiger partial charge >= 0.3 is 0 Å². The molecule has 1 unspecified atom stereocenters. The summed E-state index contributed by atoms with van der Waals surface area (Å²) < 4.78 is 14.6. The molecule has 0 spiro atoms. The molecule has 0 fully saturated rings. The monoisotopic (exact) mass is 342 g/mol. The fourth-order valence-corrected chi connectivity index (χ4v) is 2.78. The van der Waals surface area contributed by atoms with Gasteiger partial charge in [-0.2, -0.15) is 0 Å². The van der Waals surface area contributed by atoms with Gasteiger partial charge in [-0.3, -0.25) is 0 Å². The van der Waals surface area contributed by atoms with Gasteiger partial charge in [-0.15, -0.1) is 0 Å². The lowest BCUT2D eigenvalue weighted by Gasteiger charge is -2.16. The normalized spacial score (nSPS) is 12.4. The minimum atomic E-state index is -0.296. The molecule has 1 atom stereocenters. The maximum absolute atomic E-state index is 13.7. The van der Waals surface area contributed by atoms with Crippen LogP contribution in [0.15, 0.2) is 46.9 Å². The van der Waals surface area contributed by atoms with Gasteiger partial charge in [0.2, 0.25) is 0 Å². The van der Waals surface area contributed by atoms with E-state index in [0.29, 0.717) is 17.0 Å². The van der Waals surface area contributed by atoms with E-state index in [-0.39, 0.29) is 18.3 Å². The number of aliphatic hydroxyl groups excluding tert-OH is 1. The van der Waals surface area contributed by atoms with Gasteiger partial charge in [0.25, 0.3) is 0 Å². The van der Waals surface area contributed by atoms with Crippen molar-refractivity contribution in [1.29, 1.82) is 0 Å². The molecule has 100 valence electrons. The molecular weight excluding hydrogens is 331 g/mol. The third kappa shape index (κ3) is 3.56. The van der Waals surface area contributed by atoms with Crippen molar-refractivity contribution in [2.24, 2.45) is 0 Å². The summed E-state index contributed by atoms with van der Waals surface area (Å²) in [5, 5.41) is 10.1. The Morgan fingerprint density at radius 1 is 1.21 bits per heavy atom. The summed E-state index contributed by atoms with van der Waals surface area (Å²) in [6.45, 7) is -0.118. The molecule has 0 saturated heterocycles. The fourth-order valence-electron chi connectivity index (χ4n) is 2.03. The lowest BCUT2D eigenvalue weighted by atomic mass is 9.92. The first-order chi connectivity index (χ1) is 9.11. The van der Waals surface area contributed by atoms with Gasteiger partial charge in [0.1, 0.15) is 5.82 Å². The van der Waals surface area contributed by atoms with Crippen LogP contribution in [0.4, 0.5) is 4.39 Å². The molecule has 1 N–H and O–H groups in total. The molecule has 1 nitrogen and oxygen atoms in total. The van der Waals surface area contributed by atoms with Gasteiger partial charge in [-0.25, -0.2) is 4.39 Å². The Morgan fingerprint density at radius 2 is 1.95 bits per heavy atom. The molecule has 2 rings (SSSR count). The second-order valence-electron chi connectivity index (χ2n) is 4.34. The highest BCUT2D eigenvalue weighted by Gasteiger charge is 2.16. The van der Waals surface area contributed by atoms with Crippen LogP contribution in [0.25, 0.3) is 0 Å². The van der Waals surface area contributed by atoms with E-state index >= 15 is 0 Å². The van der Waals surface area contributed by atoms with Crippen molar-refractivity contribution in [3.05, 3.63) is 68.9 Å². The molecule has 0 aliphatic carbocycles. The fraction of sp³-hybridized carbons (Fsp3) is 0.200. The summed E-state index contributed by atoms with van der Waals surface area (Å²) in [4.78, 5) is 0. The third-order valence-electron chi connectivity index (χ3n) is 3.05. The molecule has 0 heterocycles. The van der Waals surface area contributed by atoms with Gasteiger partial charge in [0.15, 0.2) is 0 Å². The summed E-state index contributed by atoms with van der Waals surface area (Å²) in [6, 6.07) is 12.1.